The van der Waals surface area contributed by atoms with Crippen LogP contribution in [0.1, 0.15) is 83.1 Å². The molecule has 0 amide bonds. The third-order valence-electron chi connectivity index (χ3n) is 8.02. The average molecular weight is 514 g/mol. The fourth-order valence-electron chi connectivity index (χ4n) is 4.89. The van der Waals surface area contributed by atoms with E-state index in [1.54, 1.807) is 0 Å². The molecule has 0 spiro atoms. The molecule has 0 bridgehead atoms. The van der Waals surface area contributed by atoms with E-state index in [2.05, 4.69) is 96.2 Å². The Balaban J connectivity index is 2.15. The number of hydrogen-bond donors (Lipinski definition) is 0. The van der Waals surface area contributed by atoms with Crippen molar-refractivity contribution in [1.29, 1.82) is 0 Å². The Morgan fingerprint density at radius 2 is 0.794 bits per heavy atom. The lowest BCUT2D eigenvalue weighted by atomic mass is 9.90. The maximum atomic E-state index is 6.66. The summed E-state index contributed by atoms with van der Waals surface area (Å²) in [6.07, 6.45) is 0.335. The molecule has 2 unspecified atom stereocenters. The molecule has 2 fully saturated rings. The highest BCUT2D eigenvalue weighted by molar-refractivity contribution is 6.86. The monoisotopic (exact) mass is 514 g/mol. The maximum absolute atomic E-state index is 6.66. The average Bonchev–Trinajstić information content (AvgIpc) is 2.89. The van der Waals surface area contributed by atoms with Crippen molar-refractivity contribution < 1.29 is 27.5 Å². The second kappa shape index (κ2) is 10.2. The molecule has 198 valence electrons. The molecule has 0 aromatic rings. The van der Waals surface area contributed by atoms with Gasteiger partial charge in [0, 0.05) is 24.1 Å². The molecule has 2 aliphatic rings. The summed E-state index contributed by atoms with van der Waals surface area (Å²) >= 11 is 0. The lowest BCUT2D eigenvalue weighted by Crippen LogP contribution is -2.48. The number of hydrogen-bond acceptors (Lipinski definition) is 6. The highest BCUT2D eigenvalue weighted by Gasteiger charge is 2.55. The van der Waals surface area contributed by atoms with E-state index < -0.39 is 16.6 Å². The standard InChI is InChI=1S/C24H52B2O6Si2/c1-19(2)27-33(13,17-25-29-21(5,6)22(7,8)30-25)15-16-34(14,28-20(3)4)18-26-31-23(9,10)24(11,12)32-26/h19-20H,15-18H2,1-14H3. The van der Waals surface area contributed by atoms with Crippen LogP contribution >= 0.6 is 0 Å². The lowest BCUT2D eigenvalue weighted by molar-refractivity contribution is 0.00578. The zero-order valence-corrected chi connectivity index (χ0v) is 26.6. The summed E-state index contributed by atoms with van der Waals surface area (Å²) in [5.41, 5.74) is -1.31. The molecular formula is C24H52B2O6Si2. The van der Waals surface area contributed by atoms with Gasteiger partial charge in [0.1, 0.15) is 0 Å². The van der Waals surface area contributed by atoms with Crippen molar-refractivity contribution in [2.24, 2.45) is 0 Å². The molecule has 2 saturated heterocycles. The zero-order valence-electron chi connectivity index (χ0n) is 24.6. The largest absolute Gasteiger partial charge is 0.457 e. The van der Waals surface area contributed by atoms with Crippen LogP contribution in [-0.2, 0) is 27.5 Å². The topological polar surface area (TPSA) is 55.4 Å². The molecule has 2 heterocycles. The van der Waals surface area contributed by atoms with E-state index in [1.165, 1.54) is 0 Å². The van der Waals surface area contributed by atoms with Crippen LogP contribution in [0.25, 0.3) is 0 Å². The quantitative estimate of drug-likeness (QED) is 0.304. The maximum Gasteiger partial charge on any atom is 0.457 e. The van der Waals surface area contributed by atoms with Gasteiger partial charge in [-0.3, -0.25) is 0 Å². The van der Waals surface area contributed by atoms with Crippen molar-refractivity contribution in [1.82, 2.24) is 0 Å². The normalized spacial score (nSPS) is 26.8. The van der Waals surface area contributed by atoms with Crippen LogP contribution in [0.5, 0.6) is 0 Å². The van der Waals surface area contributed by atoms with Crippen LogP contribution in [0.4, 0.5) is 0 Å². The summed E-state index contributed by atoms with van der Waals surface area (Å²) < 4.78 is 38.8. The smallest absolute Gasteiger partial charge is 0.415 e. The van der Waals surface area contributed by atoms with Gasteiger partial charge in [0.05, 0.1) is 22.4 Å². The van der Waals surface area contributed by atoms with Crippen molar-refractivity contribution in [3.05, 3.63) is 0 Å². The summed E-state index contributed by atoms with van der Waals surface area (Å²) in [7, 11) is -4.77. The Bertz CT molecular complexity index is 613. The van der Waals surface area contributed by atoms with Crippen LogP contribution in [0.15, 0.2) is 0 Å². The molecule has 0 radical (unpaired) electrons. The minimum atomic E-state index is -2.15. The van der Waals surface area contributed by atoms with Crippen molar-refractivity contribution in [3.63, 3.8) is 0 Å². The fraction of sp³-hybridized carbons (Fsp3) is 1.00. The minimum Gasteiger partial charge on any atom is -0.415 e. The Kier molecular flexibility index (Phi) is 9.20. The van der Waals surface area contributed by atoms with Gasteiger partial charge in [-0.2, -0.15) is 0 Å². The van der Waals surface area contributed by atoms with E-state index in [-0.39, 0.29) is 48.8 Å². The second-order valence-corrected chi connectivity index (χ2v) is 21.6. The van der Waals surface area contributed by atoms with Gasteiger partial charge in [0.2, 0.25) is 0 Å². The van der Waals surface area contributed by atoms with Crippen LogP contribution in [0.2, 0.25) is 37.1 Å². The summed E-state index contributed by atoms with van der Waals surface area (Å²) in [6, 6.07) is 2.01. The Labute approximate surface area is 213 Å². The Morgan fingerprint density at radius 3 is 1.00 bits per heavy atom. The van der Waals surface area contributed by atoms with Gasteiger partial charge in [-0.15, -0.1) is 0 Å². The van der Waals surface area contributed by atoms with Gasteiger partial charge < -0.3 is 27.5 Å². The van der Waals surface area contributed by atoms with Crippen LogP contribution in [-0.4, -0.2) is 65.5 Å². The van der Waals surface area contributed by atoms with E-state index in [0.29, 0.717) is 0 Å². The summed E-state index contributed by atoms with van der Waals surface area (Å²) in [5, 5.41) is 0. The predicted molar refractivity (Wildman–Crippen MR) is 147 cm³/mol. The van der Waals surface area contributed by atoms with Gasteiger partial charge >= 0.3 is 14.2 Å². The molecule has 10 heteroatoms. The highest BCUT2D eigenvalue weighted by Crippen LogP contribution is 2.42. The molecule has 0 saturated carbocycles. The lowest BCUT2D eigenvalue weighted by Gasteiger charge is -2.36. The van der Waals surface area contributed by atoms with Gasteiger partial charge in [-0.05, 0) is 108 Å². The summed E-state index contributed by atoms with van der Waals surface area (Å²) in [5.74, 6) is 1.64. The third kappa shape index (κ3) is 7.43. The molecule has 34 heavy (non-hydrogen) atoms. The molecule has 2 rings (SSSR count). The molecule has 0 aromatic carbocycles. The molecule has 0 aromatic heterocycles. The van der Waals surface area contributed by atoms with Gasteiger partial charge in [0.15, 0.2) is 16.6 Å². The van der Waals surface area contributed by atoms with Crippen molar-refractivity contribution in [2.45, 2.75) is 155 Å². The van der Waals surface area contributed by atoms with E-state index in [1.807, 2.05) is 0 Å². The van der Waals surface area contributed by atoms with Crippen molar-refractivity contribution >= 4 is 30.9 Å². The first-order chi connectivity index (χ1) is 15.1. The Hall–Kier alpha value is 0.324. The minimum absolute atomic E-state index is 0.168. The van der Waals surface area contributed by atoms with E-state index in [0.717, 1.165) is 24.0 Å². The SMILES string of the molecule is CC(C)O[Si](C)(CC[Si](C)(CB1OC(C)(C)C(C)(C)O1)OC(C)C)CB1OC(C)(C)C(C)(C)O1. The summed E-state index contributed by atoms with van der Waals surface area (Å²) in [6.45, 7) is 30.1. The first kappa shape index (κ1) is 30.5. The summed E-state index contributed by atoms with van der Waals surface area (Å²) in [4.78, 5) is 0. The second-order valence-electron chi connectivity index (χ2n) is 13.5. The third-order valence-corrected chi connectivity index (χ3v) is 15.6. The fourth-order valence-corrected chi connectivity index (χ4v) is 14.0. The van der Waals surface area contributed by atoms with E-state index >= 15 is 0 Å². The first-order valence-corrected chi connectivity index (χ1v) is 18.8. The number of rotatable bonds is 11. The van der Waals surface area contributed by atoms with Crippen LogP contribution in [0.3, 0.4) is 0 Å². The van der Waals surface area contributed by atoms with Crippen molar-refractivity contribution in [2.75, 3.05) is 0 Å². The zero-order chi connectivity index (χ0) is 26.4. The van der Waals surface area contributed by atoms with E-state index in [9.17, 15) is 0 Å². The van der Waals surface area contributed by atoms with Gasteiger partial charge in [0.25, 0.3) is 0 Å². The van der Waals surface area contributed by atoms with Crippen molar-refractivity contribution in [3.8, 4) is 0 Å². The molecular weight excluding hydrogens is 462 g/mol. The van der Waals surface area contributed by atoms with E-state index in [4.69, 9.17) is 27.5 Å². The van der Waals surface area contributed by atoms with Crippen LogP contribution in [0, 0.1) is 0 Å². The Morgan fingerprint density at radius 1 is 0.559 bits per heavy atom. The molecule has 0 N–H and O–H groups in total. The molecule has 6 nitrogen and oxygen atoms in total. The molecule has 2 atom stereocenters. The predicted octanol–water partition coefficient (Wildman–Crippen LogP) is 6.25. The highest BCUT2D eigenvalue weighted by atomic mass is 28.4. The van der Waals surface area contributed by atoms with Crippen LogP contribution < -0.4 is 0 Å². The molecule has 2 aliphatic heterocycles. The molecule has 0 aliphatic carbocycles. The van der Waals surface area contributed by atoms with Gasteiger partial charge in [-0.1, -0.05) is 0 Å². The van der Waals surface area contributed by atoms with Gasteiger partial charge in [-0.25, -0.2) is 0 Å². The first-order valence-electron chi connectivity index (χ1n) is 13.2.